The monoisotopic (exact) mass is 348 g/mol. The third kappa shape index (κ3) is 2.99. The maximum atomic E-state index is 11.6. The van der Waals surface area contributed by atoms with Crippen LogP contribution in [-0.2, 0) is 4.79 Å². The summed E-state index contributed by atoms with van der Waals surface area (Å²) in [4.78, 5) is 19.8. The summed E-state index contributed by atoms with van der Waals surface area (Å²) in [6, 6.07) is 0. The zero-order valence-electron chi connectivity index (χ0n) is 8.33. The molecule has 1 aliphatic rings. The molecule has 1 fully saturated rings. The number of hydrogen-bond donors (Lipinski definition) is 2. The molecule has 16 heavy (non-hydrogen) atoms. The van der Waals surface area contributed by atoms with E-state index >= 15 is 0 Å². The molecule has 1 aliphatic heterocycles. The molecule has 0 aliphatic carbocycles. The van der Waals surface area contributed by atoms with Crippen LogP contribution in [-0.4, -0.2) is 29.0 Å². The van der Waals surface area contributed by atoms with Crippen LogP contribution < -0.4 is 10.6 Å². The Morgan fingerprint density at radius 2 is 2.31 bits per heavy atom. The summed E-state index contributed by atoms with van der Waals surface area (Å²) in [5.41, 5.74) is 0. The molecule has 86 valence electrons. The average molecular weight is 350 g/mol. The summed E-state index contributed by atoms with van der Waals surface area (Å²) in [6.07, 6.45) is 2.07. The van der Waals surface area contributed by atoms with E-state index in [1.165, 1.54) is 0 Å². The number of aromatic nitrogens is 2. The van der Waals surface area contributed by atoms with Crippen LogP contribution in [0.2, 0.25) is 0 Å². The van der Waals surface area contributed by atoms with Gasteiger partial charge < -0.3 is 10.6 Å². The molecule has 0 saturated carbocycles. The maximum absolute atomic E-state index is 11.6. The van der Waals surface area contributed by atoms with Crippen molar-refractivity contribution in [2.45, 2.75) is 6.42 Å². The highest BCUT2D eigenvalue weighted by molar-refractivity contribution is 9.11. The number of carbonyl (C=O) groups is 1. The molecule has 1 aromatic rings. The Balaban J connectivity index is 1.94. The van der Waals surface area contributed by atoms with E-state index in [1.807, 2.05) is 0 Å². The first-order valence-corrected chi connectivity index (χ1v) is 6.42. The van der Waals surface area contributed by atoms with Gasteiger partial charge in [0.1, 0.15) is 9.21 Å². The van der Waals surface area contributed by atoms with Crippen molar-refractivity contribution in [3.63, 3.8) is 0 Å². The van der Waals surface area contributed by atoms with Crippen molar-refractivity contribution >= 4 is 43.6 Å². The summed E-state index contributed by atoms with van der Waals surface area (Å²) in [5, 5.41) is 5.85. The third-order valence-electron chi connectivity index (χ3n) is 2.30. The van der Waals surface area contributed by atoms with Gasteiger partial charge in [0.2, 0.25) is 5.91 Å². The predicted octanol–water partition coefficient (Wildman–Crippen LogP) is 1.55. The molecule has 0 spiro atoms. The molecule has 1 saturated heterocycles. The Kier molecular flexibility index (Phi) is 3.88. The second-order valence-electron chi connectivity index (χ2n) is 3.61. The largest absolute Gasteiger partial charge is 0.316 e. The second kappa shape index (κ2) is 5.20. The van der Waals surface area contributed by atoms with Crippen LogP contribution >= 0.6 is 31.9 Å². The highest BCUT2D eigenvalue weighted by Crippen LogP contribution is 2.20. The number of halogens is 2. The van der Waals surface area contributed by atoms with Gasteiger partial charge in [-0.15, -0.1) is 0 Å². The van der Waals surface area contributed by atoms with Gasteiger partial charge in [-0.3, -0.25) is 4.79 Å². The number of rotatable bonds is 3. The number of nitrogens with one attached hydrogen (secondary N) is 2. The summed E-state index contributed by atoms with van der Waals surface area (Å²) in [7, 11) is 0. The third-order valence-corrected chi connectivity index (χ3v) is 3.23. The van der Waals surface area contributed by atoms with Crippen molar-refractivity contribution in [3.05, 3.63) is 15.4 Å². The Labute approximate surface area is 110 Å². The van der Waals surface area contributed by atoms with Crippen LogP contribution in [0.5, 0.6) is 0 Å². The summed E-state index contributed by atoms with van der Waals surface area (Å²) < 4.78 is 1.16. The minimum Gasteiger partial charge on any atom is -0.316 e. The molecule has 0 bridgehead atoms. The number of anilines is 1. The van der Waals surface area contributed by atoms with Gasteiger partial charge in [-0.2, -0.15) is 0 Å². The first kappa shape index (κ1) is 11.9. The van der Waals surface area contributed by atoms with Crippen molar-refractivity contribution in [1.29, 1.82) is 0 Å². The molecular weight excluding hydrogens is 340 g/mol. The highest BCUT2D eigenvalue weighted by Gasteiger charge is 2.20. The van der Waals surface area contributed by atoms with Gasteiger partial charge >= 0.3 is 0 Å². The number of hydrogen-bond acceptors (Lipinski definition) is 4. The standard InChI is InChI=1S/C9H10Br2N4O/c10-6-4-13-9(8(11)14-6)15-7(16)1-5-2-12-3-5/h4-5,12H,1-3H2,(H,13,15,16). The molecular formula is C9H10Br2N4O. The number of carbonyl (C=O) groups excluding carboxylic acids is 1. The minimum atomic E-state index is -0.0242. The molecule has 0 radical (unpaired) electrons. The lowest BCUT2D eigenvalue weighted by Gasteiger charge is -2.26. The SMILES string of the molecule is O=C(CC1CNC1)Nc1ncc(Br)nc1Br. The van der Waals surface area contributed by atoms with Crippen LogP contribution in [0.25, 0.3) is 0 Å². The predicted molar refractivity (Wildman–Crippen MR) is 67.0 cm³/mol. The zero-order valence-corrected chi connectivity index (χ0v) is 11.5. The van der Waals surface area contributed by atoms with Crippen molar-refractivity contribution in [1.82, 2.24) is 15.3 Å². The quantitative estimate of drug-likeness (QED) is 0.868. The average Bonchev–Trinajstić information content (AvgIpc) is 2.16. The van der Waals surface area contributed by atoms with E-state index < -0.39 is 0 Å². The van der Waals surface area contributed by atoms with Crippen LogP contribution in [0.3, 0.4) is 0 Å². The van der Waals surface area contributed by atoms with Gasteiger partial charge in [0.05, 0.1) is 6.20 Å². The number of amides is 1. The second-order valence-corrected chi connectivity index (χ2v) is 5.17. The fourth-order valence-electron chi connectivity index (χ4n) is 1.37. The Hall–Kier alpha value is -0.530. The van der Waals surface area contributed by atoms with Gasteiger partial charge in [-0.05, 0) is 50.9 Å². The van der Waals surface area contributed by atoms with Gasteiger partial charge in [-0.1, -0.05) is 0 Å². The smallest absolute Gasteiger partial charge is 0.225 e. The fraction of sp³-hybridized carbons (Fsp3) is 0.444. The fourth-order valence-corrected chi connectivity index (χ4v) is 2.28. The van der Waals surface area contributed by atoms with E-state index in [4.69, 9.17) is 0 Å². The molecule has 7 heteroatoms. The Morgan fingerprint density at radius 1 is 1.56 bits per heavy atom. The summed E-state index contributed by atoms with van der Waals surface area (Å²) in [5.74, 6) is 0.881. The van der Waals surface area contributed by atoms with E-state index in [0.29, 0.717) is 27.4 Å². The van der Waals surface area contributed by atoms with E-state index in [1.54, 1.807) is 6.20 Å². The molecule has 2 N–H and O–H groups in total. The van der Waals surface area contributed by atoms with Crippen LogP contribution in [0.4, 0.5) is 5.82 Å². The molecule has 0 atom stereocenters. The van der Waals surface area contributed by atoms with Crippen molar-refractivity contribution < 1.29 is 4.79 Å². The van der Waals surface area contributed by atoms with E-state index in [9.17, 15) is 4.79 Å². The van der Waals surface area contributed by atoms with Gasteiger partial charge in [0, 0.05) is 6.42 Å². The molecule has 0 unspecified atom stereocenters. The molecule has 5 nitrogen and oxygen atoms in total. The molecule has 2 rings (SSSR count). The normalized spacial score (nSPS) is 15.6. The molecule has 1 amide bonds. The highest BCUT2D eigenvalue weighted by atomic mass is 79.9. The lowest BCUT2D eigenvalue weighted by molar-refractivity contribution is -0.117. The topological polar surface area (TPSA) is 66.9 Å². The van der Waals surface area contributed by atoms with Crippen molar-refractivity contribution in [2.24, 2.45) is 5.92 Å². The molecule has 0 aromatic carbocycles. The summed E-state index contributed by atoms with van der Waals surface area (Å²) >= 11 is 6.44. The van der Waals surface area contributed by atoms with Gasteiger partial charge in [0.25, 0.3) is 0 Å². The van der Waals surface area contributed by atoms with E-state index in [-0.39, 0.29) is 5.91 Å². The van der Waals surface area contributed by atoms with Crippen molar-refractivity contribution in [2.75, 3.05) is 18.4 Å². The first-order chi connectivity index (χ1) is 7.65. The lowest BCUT2D eigenvalue weighted by Crippen LogP contribution is -2.43. The van der Waals surface area contributed by atoms with E-state index in [0.717, 1.165) is 13.1 Å². The molecule has 2 heterocycles. The van der Waals surface area contributed by atoms with Crippen molar-refractivity contribution in [3.8, 4) is 0 Å². The van der Waals surface area contributed by atoms with Gasteiger partial charge in [-0.25, -0.2) is 9.97 Å². The molecule has 1 aromatic heterocycles. The van der Waals surface area contributed by atoms with Crippen LogP contribution in [0, 0.1) is 5.92 Å². The van der Waals surface area contributed by atoms with Crippen LogP contribution in [0.15, 0.2) is 15.4 Å². The Bertz CT molecular complexity index is 408. The van der Waals surface area contributed by atoms with E-state index in [2.05, 4.69) is 52.5 Å². The number of nitrogens with zero attached hydrogens (tertiary/aromatic N) is 2. The van der Waals surface area contributed by atoms with Gasteiger partial charge in [0.15, 0.2) is 5.82 Å². The maximum Gasteiger partial charge on any atom is 0.225 e. The Morgan fingerprint density at radius 3 is 2.88 bits per heavy atom. The summed E-state index contributed by atoms with van der Waals surface area (Å²) in [6.45, 7) is 1.83. The zero-order chi connectivity index (χ0) is 11.5. The van der Waals surface area contributed by atoms with Crippen LogP contribution in [0.1, 0.15) is 6.42 Å². The lowest BCUT2D eigenvalue weighted by atomic mass is 9.99. The minimum absolute atomic E-state index is 0.0242. The first-order valence-electron chi connectivity index (χ1n) is 4.84.